The van der Waals surface area contributed by atoms with E-state index in [0.29, 0.717) is 17.4 Å². The number of alkyl carbamates (subject to hydrolysis) is 1. The molecule has 0 aromatic heterocycles. The fourth-order valence-electron chi connectivity index (χ4n) is 4.62. The molecule has 6 heteroatoms. The lowest BCUT2D eigenvalue weighted by Gasteiger charge is -2.33. The van der Waals surface area contributed by atoms with Crippen LogP contribution in [0.1, 0.15) is 129 Å². The van der Waals surface area contributed by atoms with Gasteiger partial charge in [-0.25, -0.2) is 4.79 Å². The summed E-state index contributed by atoms with van der Waals surface area (Å²) < 4.78 is 6.27. The Labute approximate surface area is 210 Å². The Bertz CT molecular complexity index is 497. The van der Waals surface area contributed by atoms with Gasteiger partial charge in [0, 0.05) is 13.5 Å². The molecule has 0 heterocycles. The molecule has 0 saturated carbocycles. The molecule has 0 aliphatic rings. The van der Waals surface area contributed by atoms with Crippen molar-refractivity contribution in [2.24, 2.45) is 0 Å². The minimum Gasteiger partial charge on any atom is -0.481 e. The number of aliphatic carboxylic acids is 1. The fourth-order valence-corrected chi connectivity index (χ4v) is 4.62. The molecule has 0 spiro atoms. The van der Waals surface area contributed by atoms with E-state index < -0.39 is 5.97 Å². The minimum absolute atomic E-state index is 0.133. The zero-order chi connectivity index (χ0) is 25.5. The predicted octanol–water partition coefficient (Wildman–Crippen LogP) is 7.30. The number of carbonyl (C=O) groups is 2. The molecule has 0 aromatic rings. The summed E-state index contributed by atoms with van der Waals surface area (Å²) in [7, 11) is 5.74. The number of nitrogens with one attached hydrogen (secondary N) is 1. The number of ether oxygens (including phenoxy) is 1. The van der Waals surface area contributed by atoms with E-state index in [9.17, 15) is 9.59 Å². The van der Waals surface area contributed by atoms with Gasteiger partial charge in [0.1, 0.15) is 6.54 Å². The largest absolute Gasteiger partial charge is 0.481 e. The van der Waals surface area contributed by atoms with Gasteiger partial charge in [0.25, 0.3) is 0 Å². The molecule has 0 bridgehead atoms. The molecule has 0 aromatic carbocycles. The summed E-state index contributed by atoms with van der Waals surface area (Å²) in [6.07, 6.45) is 22.7. The molecule has 0 fully saturated rings. The van der Waals surface area contributed by atoms with E-state index in [2.05, 4.69) is 26.3 Å². The minimum atomic E-state index is -0.758. The van der Waals surface area contributed by atoms with Crippen molar-refractivity contribution in [3.05, 3.63) is 0 Å². The van der Waals surface area contributed by atoms with Gasteiger partial charge in [-0.1, -0.05) is 103 Å². The van der Waals surface area contributed by atoms with E-state index in [1.807, 2.05) is 0 Å². The monoisotopic (exact) mass is 485 g/mol. The molecule has 2 N–H and O–H groups in total. The second kappa shape index (κ2) is 22.2. The Morgan fingerprint density at radius 2 is 1.21 bits per heavy atom. The van der Waals surface area contributed by atoms with Gasteiger partial charge < -0.3 is 19.6 Å². The Kier molecular flexibility index (Phi) is 21.3. The van der Waals surface area contributed by atoms with Gasteiger partial charge >= 0.3 is 12.1 Å². The Morgan fingerprint density at radius 1 is 0.765 bits per heavy atom. The van der Waals surface area contributed by atoms with E-state index in [0.717, 1.165) is 19.4 Å². The van der Waals surface area contributed by atoms with Crippen LogP contribution in [0.4, 0.5) is 4.79 Å². The van der Waals surface area contributed by atoms with Crippen LogP contribution in [0.3, 0.4) is 0 Å². The van der Waals surface area contributed by atoms with Gasteiger partial charge in [0.05, 0.1) is 27.1 Å². The molecular weight excluding hydrogens is 428 g/mol. The van der Waals surface area contributed by atoms with Gasteiger partial charge in [-0.15, -0.1) is 0 Å². The van der Waals surface area contributed by atoms with Crippen molar-refractivity contribution in [3.8, 4) is 0 Å². The zero-order valence-corrected chi connectivity index (χ0v) is 23.0. The smallest absolute Gasteiger partial charge is 0.407 e. The number of hydrogen-bond acceptors (Lipinski definition) is 3. The molecule has 34 heavy (non-hydrogen) atoms. The zero-order valence-electron chi connectivity index (χ0n) is 23.0. The first-order chi connectivity index (χ1) is 16.3. The van der Waals surface area contributed by atoms with Crippen molar-refractivity contribution in [2.75, 3.05) is 34.2 Å². The van der Waals surface area contributed by atoms with Gasteiger partial charge in [0.15, 0.2) is 6.10 Å². The average molecular weight is 486 g/mol. The number of rotatable bonds is 24. The Hall–Kier alpha value is -1.30. The maximum absolute atomic E-state index is 11.8. The fraction of sp³-hybridized carbons (Fsp3) is 0.929. The molecule has 6 nitrogen and oxygen atoms in total. The second-order valence-corrected chi connectivity index (χ2v) is 10.7. The number of carboxylic acids is 1. The topological polar surface area (TPSA) is 75.6 Å². The van der Waals surface area contributed by atoms with Crippen molar-refractivity contribution in [3.63, 3.8) is 0 Å². The Balaban J connectivity index is 3.82. The number of likely N-dealkylation sites (N-methyl/N-ethyl adjacent to an activating group) is 1. The van der Waals surface area contributed by atoms with Crippen molar-refractivity contribution >= 4 is 12.1 Å². The van der Waals surface area contributed by atoms with Gasteiger partial charge in [-0.3, -0.25) is 4.79 Å². The standard InChI is InChI=1S/C28H56N2O4/c1-5-6-7-8-9-10-11-12-13-14-15-16-17-18-19-20-22-26(34-28(33)29-2)25-30(3,4)24-21-23-27(31)32/h26H,5-25H2,1-4H3,(H-,29,31,32,33)/p+1. The summed E-state index contributed by atoms with van der Waals surface area (Å²) in [6.45, 7) is 3.75. The lowest BCUT2D eigenvalue weighted by molar-refractivity contribution is -0.893. The molecule has 1 unspecified atom stereocenters. The number of nitrogens with zero attached hydrogens (tertiary/aromatic N) is 1. The molecule has 0 saturated heterocycles. The SMILES string of the molecule is CCCCCCCCCCCCCCCCCCC(C[N+](C)(C)CCCC(=O)O)OC(=O)NC. The highest BCUT2D eigenvalue weighted by atomic mass is 16.6. The van der Waals surface area contributed by atoms with E-state index in [1.54, 1.807) is 7.05 Å². The van der Waals surface area contributed by atoms with Crippen molar-refractivity contribution in [1.82, 2.24) is 5.32 Å². The predicted molar refractivity (Wildman–Crippen MR) is 142 cm³/mol. The van der Waals surface area contributed by atoms with Crippen LogP contribution in [0.5, 0.6) is 0 Å². The molecular formula is C28H57N2O4+. The molecule has 0 radical (unpaired) electrons. The lowest BCUT2D eigenvalue weighted by Crippen LogP contribution is -2.47. The summed E-state index contributed by atoms with van der Waals surface area (Å²) in [5, 5.41) is 11.4. The maximum atomic E-state index is 11.8. The third-order valence-electron chi connectivity index (χ3n) is 6.71. The number of amides is 1. The van der Waals surface area contributed by atoms with E-state index in [-0.39, 0.29) is 18.6 Å². The highest BCUT2D eigenvalue weighted by Gasteiger charge is 2.24. The first-order valence-electron chi connectivity index (χ1n) is 14.2. The summed E-state index contributed by atoms with van der Waals surface area (Å²) in [4.78, 5) is 22.5. The summed E-state index contributed by atoms with van der Waals surface area (Å²) in [5.41, 5.74) is 0. The van der Waals surface area contributed by atoms with Crippen LogP contribution < -0.4 is 5.32 Å². The van der Waals surface area contributed by atoms with Gasteiger partial charge in [0.2, 0.25) is 0 Å². The molecule has 1 amide bonds. The summed E-state index contributed by atoms with van der Waals surface area (Å²) in [6, 6.07) is 0. The van der Waals surface area contributed by atoms with Crippen LogP contribution in [-0.4, -0.2) is 62.0 Å². The number of quaternary nitrogens is 1. The van der Waals surface area contributed by atoms with Crippen molar-refractivity contribution in [2.45, 2.75) is 135 Å². The van der Waals surface area contributed by atoms with Crippen LogP contribution in [0.2, 0.25) is 0 Å². The third kappa shape index (κ3) is 22.5. The van der Waals surface area contributed by atoms with Crippen molar-refractivity contribution in [1.29, 1.82) is 0 Å². The molecule has 0 rings (SSSR count). The van der Waals surface area contributed by atoms with Crippen molar-refractivity contribution < 1.29 is 23.9 Å². The average Bonchev–Trinajstić information content (AvgIpc) is 2.77. The van der Waals surface area contributed by atoms with E-state index in [4.69, 9.17) is 9.84 Å². The van der Waals surface area contributed by atoms with Gasteiger partial charge in [-0.05, 0) is 12.8 Å². The molecule has 1 atom stereocenters. The number of carbonyl (C=O) groups excluding carboxylic acids is 1. The van der Waals surface area contributed by atoms with Crippen LogP contribution in [0, 0.1) is 0 Å². The first kappa shape index (κ1) is 32.7. The third-order valence-corrected chi connectivity index (χ3v) is 6.71. The summed E-state index contributed by atoms with van der Waals surface area (Å²) in [5.74, 6) is -0.758. The quantitative estimate of drug-likeness (QED) is 0.111. The number of carboxylic acid groups (broad SMARTS) is 1. The van der Waals surface area contributed by atoms with Crippen LogP contribution in [0.25, 0.3) is 0 Å². The van der Waals surface area contributed by atoms with Crippen LogP contribution in [-0.2, 0) is 9.53 Å². The van der Waals surface area contributed by atoms with Crippen LogP contribution >= 0.6 is 0 Å². The normalized spacial score (nSPS) is 12.5. The molecule has 0 aliphatic heterocycles. The van der Waals surface area contributed by atoms with E-state index >= 15 is 0 Å². The van der Waals surface area contributed by atoms with E-state index in [1.165, 1.54) is 96.3 Å². The molecule has 202 valence electrons. The first-order valence-corrected chi connectivity index (χ1v) is 14.2. The van der Waals surface area contributed by atoms with Gasteiger partial charge in [-0.2, -0.15) is 0 Å². The molecule has 0 aliphatic carbocycles. The lowest BCUT2D eigenvalue weighted by atomic mass is 10.0. The maximum Gasteiger partial charge on any atom is 0.407 e. The summed E-state index contributed by atoms with van der Waals surface area (Å²) >= 11 is 0. The van der Waals surface area contributed by atoms with Crippen LogP contribution in [0.15, 0.2) is 0 Å². The number of unbranched alkanes of at least 4 members (excludes halogenated alkanes) is 15. The number of hydrogen-bond donors (Lipinski definition) is 2. The second-order valence-electron chi connectivity index (χ2n) is 10.7. The Morgan fingerprint density at radius 3 is 1.62 bits per heavy atom. The highest BCUT2D eigenvalue weighted by molar-refractivity contribution is 5.67. The highest BCUT2D eigenvalue weighted by Crippen LogP contribution is 2.16.